The van der Waals surface area contributed by atoms with Gasteiger partial charge in [0, 0.05) is 12.8 Å². The largest absolute Gasteiger partial charge is 0.750 e. The highest BCUT2D eigenvalue weighted by molar-refractivity contribution is 7.73. The molecule has 0 aliphatic carbocycles. The van der Waals surface area contributed by atoms with Crippen molar-refractivity contribution in [1.29, 1.82) is 0 Å². The maximum Gasteiger partial charge on any atom is 0.303 e. The van der Waals surface area contributed by atoms with Gasteiger partial charge in [0.05, 0.1) is 11.4 Å². The maximum absolute atomic E-state index is 9.60. The number of carboxylic acids is 2. The van der Waals surface area contributed by atoms with Gasteiger partial charge < -0.3 is 19.3 Å². The Morgan fingerprint density at radius 1 is 1.06 bits per heavy atom. The first-order valence-electron chi connectivity index (χ1n) is 4.49. The van der Waals surface area contributed by atoms with Crippen LogP contribution in [0, 0.1) is 0 Å². The predicted molar refractivity (Wildman–Crippen MR) is 56.6 cm³/mol. The fourth-order valence-electron chi connectivity index (χ4n) is 0.428. The fourth-order valence-corrected chi connectivity index (χ4v) is 0.428. The fraction of sp³-hybridized carbons (Fsp3) is 0.750. The molecule has 0 aromatic carbocycles. The van der Waals surface area contributed by atoms with Crippen molar-refractivity contribution < 1.29 is 33.1 Å². The molecular formula is C8H17O7S-. The number of hydrogen-bond acceptors (Lipinski definition) is 4. The van der Waals surface area contributed by atoms with E-state index in [2.05, 4.69) is 0 Å². The van der Waals surface area contributed by atoms with Crippen LogP contribution in [0.1, 0.15) is 39.5 Å². The molecule has 0 aromatic heterocycles. The van der Waals surface area contributed by atoms with Crippen molar-refractivity contribution in [2.75, 3.05) is 0 Å². The number of carbonyl (C=O) groups is 2. The molecule has 0 aliphatic rings. The summed E-state index contributed by atoms with van der Waals surface area (Å²) in [5.41, 5.74) is 0. The summed E-state index contributed by atoms with van der Waals surface area (Å²) in [5, 5.41) is 15.8. The third-order valence-corrected chi connectivity index (χ3v) is 0.928. The van der Waals surface area contributed by atoms with Gasteiger partial charge in [0.1, 0.15) is 0 Å². The summed E-state index contributed by atoms with van der Waals surface area (Å²) in [7, 11) is 0. The molecule has 98 valence electrons. The first-order valence-corrected chi connectivity index (χ1v) is 5.52. The van der Waals surface area contributed by atoms with E-state index in [1.165, 1.54) is 0 Å². The molecule has 8 heteroatoms. The van der Waals surface area contributed by atoms with Gasteiger partial charge in [0.2, 0.25) is 0 Å². The molecule has 0 spiro atoms. The minimum absolute atomic E-state index is 0.292. The minimum Gasteiger partial charge on any atom is -0.750 e. The molecule has 0 heterocycles. The zero-order chi connectivity index (χ0) is 13.6. The van der Waals surface area contributed by atoms with E-state index >= 15 is 0 Å². The molecule has 1 atom stereocenters. The summed E-state index contributed by atoms with van der Waals surface area (Å²) in [5.74, 6) is -1.42. The molecule has 0 radical (unpaired) electrons. The smallest absolute Gasteiger partial charge is 0.303 e. The quantitative estimate of drug-likeness (QED) is 0.641. The lowest BCUT2D eigenvalue weighted by Gasteiger charge is -1.83. The zero-order valence-electron chi connectivity index (χ0n) is 9.21. The molecule has 0 rings (SSSR count). The van der Waals surface area contributed by atoms with Crippen molar-refractivity contribution in [3.8, 4) is 0 Å². The Kier molecular flexibility index (Phi) is 21.0. The monoisotopic (exact) mass is 257 g/mol. The van der Waals surface area contributed by atoms with Gasteiger partial charge in [0.15, 0.2) is 0 Å². The van der Waals surface area contributed by atoms with Crippen LogP contribution in [0.4, 0.5) is 0 Å². The van der Waals surface area contributed by atoms with E-state index in [0.717, 1.165) is 12.8 Å². The Morgan fingerprint density at radius 2 is 1.25 bits per heavy atom. The first kappa shape index (κ1) is 20.4. The van der Waals surface area contributed by atoms with Gasteiger partial charge in [-0.2, -0.15) is 0 Å². The van der Waals surface area contributed by atoms with Crippen LogP contribution in [0.2, 0.25) is 0 Å². The van der Waals surface area contributed by atoms with Gasteiger partial charge in [-0.3, -0.25) is 9.59 Å². The summed E-state index contributed by atoms with van der Waals surface area (Å²) in [6, 6.07) is 0. The van der Waals surface area contributed by atoms with Crippen LogP contribution in [0.3, 0.4) is 0 Å². The molecule has 1 unspecified atom stereocenters. The molecule has 0 saturated carbocycles. The Hall–Kier alpha value is -0.990. The number of rotatable bonds is 4. The molecule has 16 heavy (non-hydrogen) atoms. The van der Waals surface area contributed by atoms with Gasteiger partial charge >= 0.3 is 11.9 Å². The third kappa shape index (κ3) is 74.8. The van der Waals surface area contributed by atoms with E-state index in [4.69, 9.17) is 23.5 Å². The van der Waals surface area contributed by atoms with Crippen LogP contribution in [-0.2, 0) is 21.0 Å². The van der Waals surface area contributed by atoms with Gasteiger partial charge in [-0.15, -0.1) is 0 Å². The molecule has 3 N–H and O–H groups in total. The van der Waals surface area contributed by atoms with Crippen molar-refractivity contribution >= 4 is 23.3 Å². The summed E-state index contributed by atoms with van der Waals surface area (Å²) in [6.07, 6.45) is 2.05. The van der Waals surface area contributed by atoms with Crippen molar-refractivity contribution in [1.82, 2.24) is 0 Å². The van der Waals surface area contributed by atoms with Crippen molar-refractivity contribution in [2.45, 2.75) is 39.5 Å². The summed E-state index contributed by atoms with van der Waals surface area (Å²) < 4.78 is 24.1. The van der Waals surface area contributed by atoms with Crippen LogP contribution in [0.25, 0.3) is 0 Å². The van der Waals surface area contributed by atoms with Crippen LogP contribution in [0.5, 0.6) is 0 Å². The molecular weight excluding hydrogens is 240 g/mol. The highest BCUT2D eigenvalue weighted by Crippen LogP contribution is 1.82. The number of aliphatic carboxylic acids is 2. The van der Waals surface area contributed by atoms with E-state index in [1.54, 1.807) is 0 Å². The molecule has 0 amide bonds. The second-order valence-electron chi connectivity index (χ2n) is 2.50. The Labute approximate surface area is 96.6 Å². The minimum atomic E-state index is -2.86. The summed E-state index contributed by atoms with van der Waals surface area (Å²) in [4.78, 5) is 19.2. The molecule has 0 saturated heterocycles. The molecule has 0 aliphatic heterocycles. The zero-order valence-corrected chi connectivity index (χ0v) is 10.0. The lowest BCUT2D eigenvalue weighted by Crippen LogP contribution is -1.90. The molecule has 0 fully saturated rings. The lowest BCUT2D eigenvalue weighted by molar-refractivity contribution is -0.138. The second kappa shape index (κ2) is 16.4. The lowest BCUT2D eigenvalue weighted by atomic mass is 10.4. The van der Waals surface area contributed by atoms with E-state index in [1.807, 2.05) is 13.8 Å². The standard InChI is InChI=1S/2C4H8O2.H2O3S/c2*1-2-3-4(5)6;1-4(2)3/h2*2-3H2,1H3,(H,5,6);(H2,1,2,3)/p-1. The normalized spacial score (nSPS) is 10.0. The van der Waals surface area contributed by atoms with Gasteiger partial charge in [-0.05, 0) is 12.8 Å². The molecule has 0 aromatic rings. The van der Waals surface area contributed by atoms with Crippen molar-refractivity contribution in [2.24, 2.45) is 0 Å². The second-order valence-corrected chi connectivity index (χ2v) is 2.94. The van der Waals surface area contributed by atoms with E-state index in [9.17, 15) is 9.59 Å². The SMILES string of the molecule is CCCC(=O)O.CCCC(=O)O.O=S([O-])O. The van der Waals surface area contributed by atoms with Crippen LogP contribution >= 0.6 is 0 Å². The summed E-state index contributed by atoms with van der Waals surface area (Å²) >= 11 is -2.86. The highest BCUT2D eigenvalue weighted by Gasteiger charge is 1.88. The van der Waals surface area contributed by atoms with E-state index in [0.29, 0.717) is 12.8 Å². The third-order valence-electron chi connectivity index (χ3n) is 0.928. The first-order chi connectivity index (χ1) is 7.27. The van der Waals surface area contributed by atoms with Crippen LogP contribution in [-0.4, -0.2) is 35.5 Å². The average molecular weight is 257 g/mol. The highest BCUT2D eigenvalue weighted by atomic mass is 32.2. The Morgan fingerprint density at radius 3 is 1.25 bits per heavy atom. The van der Waals surface area contributed by atoms with Crippen LogP contribution in [0.15, 0.2) is 0 Å². The van der Waals surface area contributed by atoms with Crippen molar-refractivity contribution in [3.05, 3.63) is 0 Å². The van der Waals surface area contributed by atoms with E-state index in [-0.39, 0.29) is 0 Å². The molecule has 0 bridgehead atoms. The average Bonchev–Trinajstić information content (AvgIpc) is 2.02. The summed E-state index contributed by atoms with van der Waals surface area (Å²) in [6.45, 7) is 3.68. The topological polar surface area (TPSA) is 135 Å². The maximum atomic E-state index is 9.60. The van der Waals surface area contributed by atoms with Crippen molar-refractivity contribution in [3.63, 3.8) is 0 Å². The van der Waals surface area contributed by atoms with Gasteiger partial charge in [0.25, 0.3) is 0 Å². The predicted octanol–water partition coefficient (Wildman–Crippen LogP) is 1.08. The van der Waals surface area contributed by atoms with Gasteiger partial charge in [-0.25, -0.2) is 4.21 Å². The van der Waals surface area contributed by atoms with E-state index < -0.39 is 23.3 Å². The number of hydrogen-bond donors (Lipinski definition) is 3. The number of carboxylic acid groups (broad SMARTS) is 2. The molecule has 7 nitrogen and oxygen atoms in total. The van der Waals surface area contributed by atoms with Gasteiger partial charge in [-0.1, -0.05) is 13.8 Å². The van der Waals surface area contributed by atoms with Crippen LogP contribution < -0.4 is 0 Å². The Bertz CT molecular complexity index is 185. The Balaban J connectivity index is -0.000000162.